The zero-order valence-electron chi connectivity index (χ0n) is 5.77. The van der Waals surface area contributed by atoms with Gasteiger partial charge in [-0.3, -0.25) is 5.09 Å². The van der Waals surface area contributed by atoms with Crippen LogP contribution in [-0.2, 0) is 0 Å². The van der Waals surface area contributed by atoms with Crippen molar-refractivity contribution in [2.45, 2.75) is 12.8 Å². The van der Waals surface area contributed by atoms with E-state index in [0.29, 0.717) is 0 Å². The minimum absolute atomic E-state index is 1.10. The molecule has 1 fully saturated rings. The molecule has 0 bridgehead atoms. The summed E-state index contributed by atoms with van der Waals surface area (Å²) in [4.78, 5) is 2.50. The van der Waals surface area contributed by atoms with Crippen LogP contribution in [0, 0.1) is 0 Å². The van der Waals surface area contributed by atoms with Crippen molar-refractivity contribution in [3.8, 4) is 0 Å². The maximum atomic E-state index is 3.07. The van der Waals surface area contributed by atoms with Gasteiger partial charge in [0.25, 0.3) is 0 Å². The molecule has 3 heteroatoms. The first kappa shape index (κ1) is 7.46. The van der Waals surface area contributed by atoms with Gasteiger partial charge in [-0.1, -0.05) is 9.39 Å². The highest BCUT2D eigenvalue weighted by molar-refractivity contribution is 7.13. The maximum absolute atomic E-state index is 3.07. The molecule has 1 rings (SSSR count). The summed E-state index contributed by atoms with van der Waals surface area (Å²) in [5.74, 6) is 0. The minimum atomic E-state index is 1.10. The van der Waals surface area contributed by atoms with Gasteiger partial charge in [0.05, 0.1) is 0 Å². The Labute approximate surface area is 59.3 Å². The third-order valence-electron chi connectivity index (χ3n) is 1.77. The summed E-state index contributed by atoms with van der Waals surface area (Å²) in [7, 11) is 2.53. The predicted molar refractivity (Wildman–Crippen MR) is 43.4 cm³/mol. The highest BCUT2D eigenvalue weighted by Gasteiger charge is 2.09. The standard InChI is InChI=1S/C6H15N2P/c9-7-3-6-8-4-1-2-5-8/h7H,1-6,9H2. The van der Waals surface area contributed by atoms with Crippen molar-refractivity contribution >= 4 is 9.39 Å². The number of nitrogens with zero attached hydrogens (tertiary/aromatic N) is 1. The van der Waals surface area contributed by atoms with Crippen LogP contribution >= 0.6 is 9.39 Å². The van der Waals surface area contributed by atoms with Crippen molar-refractivity contribution in [1.82, 2.24) is 9.99 Å². The van der Waals surface area contributed by atoms with E-state index < -0.39 is 0 Å². The Balaban J connectivity index is 1.98. The summed E-state index contributed by atoms with van der Waals surface area (Å²) in [5, 5.41) is 3.07. The molecular weight excluding hydrogens is 131 g/mol. The summed E-state index contributed by atoms with van der Waals surface area (Å²) in [6.45, 7) is 4.94. The molecule has 1 heterocycles. The van der Waals surface area contributed by atoms with Gasteiger partial charge >= 0.3 is 0 Å². The molecule has 1 aliphatic rings. The van der Waals surface area contributed by atoms with Crippen LogP contribution in [0.1, 0.15) is 12.8 Å². The lowest BCUT2D eigenvalue weighted by Gasteiger charge is -2.12. The van der Waals surface area contributed by atoms with Gasteiger partial charge in [-0.2, -0.15) is 0 Å². The SMILES string of the molecule is PNCCN1CCCC1. The molecule has 0 aliphatic carbocycles. The van der Waals surface area contributed by atoms with E-state index in [-0.39, 0.29) is 0 Å². The molecule has 0 radical (unpaired) electrons. The highest BCUT2D eigenvalue weighted by Crippen LogP contribution is 2.05. The van der Waals surface area contributed by atoms with Crippen LogP contribution in [0.25, 0.3) is 0 Å². The van der Waals surface area contributed by atoms with E-state index in [9.17, 15) is 0 Å². The third-order valence-corrected chi connectivity index (χ3v) is 2.06. The largest absolute Gasteiger partial charge is 0.302 e. The monoisotopic (exact) mass is 146 g/mol. The molecule has 1 atom stereocenters. The van der Waals surface area contributed by atoms with E-state index in [1.807, 2.05) is 0 Å². The second kappa shape index (κ2) is 4.21. The Kier molecular flexibility index (Phi) is 3.49. The molecule has 1 saturated heterocycles. The van der Waals surface area contributed by atoms with Gasteiger partial charge in [-0.25, -0.2) is 0 Å². The second-order valence-corrected chi connectivity index (χ2v) is 2.91. The lowest BCUT2D eigenvalue weighted by molar-refractivity contribution is 0.345. The van der Waals surface area contributed by atoms with Crippen molar-refractivity contribution in [3.05, 3.63) is 0 Å². The van der Waals surface area contributed by atoms with Gasteiger partial charge in [-0.05, 0) is 25.9 Å². The number of likely N-dealkylation sites (tertiary alicyclic amines) is 1. The van der Waals surface area contributed by atoms with Crippen LogP contribution < -0.4 is 5.09 Å². The first-order valence-electron chi connectivity index (χ1n) is 3.59. The molecule has 9 heavy (non-hydrogen) atoms. The van der Waals surface area contributed by atoms with Gasteiger partial charge in [0, 0.05) is 13.1 Å². The van der Waals surface area contributed by atoms with Crippen molar-refractivity contribution in [3.63, 3.8) is 0 Å². The fourth-order valence-electron chi connectivity index (χ4n) is 1.23. The van der Waals surface area contributed by atoms with Gasteiger partial charge < -0.3 is 4.90 Å². The summed E-state index contributed by atoms with van der Waals surface area (Å²) >= 11 is 0. The minimum Gasteiger partial charge on any atom is -0.302 e. The van der Waals surface area contributed by atoms with E-state index >= 15 is 0 Å². The van der Waals surface area contributed by atoms with Crippen LogP contribution in [0.2, 0.25) is 0 Å². The summed E-state index contributed by atoms with van der Waals surface area (Å²) in [6, 6.07) is 0. The van der Waals surface area contributed by atoms with Crippen LogP contribution in [-0.4, -0.2) is 31.1 Å². The summed E-state index contributed by atoms with van der Waals surface area (Å²) < 4.78 is 0. The van der Waals surface area contributed by atoms with Gasteiger partial charge in [0.15, 0.2) is 0 Å². The van der Waals surface area contributed by atoms with Crippen molar-refractivity contribution in [2.75, 3.05) is 26.2 Å². The van der Waals surface area contributed by atoms with E-state index in [1.54, 1.807) is 0 Å². The van der Waals surface area contributed by atoms with E-state index in [0.717, 1.165) is 6.54 Å². The maximum Gasteiger partial charge on any atom is 0.0114 e. The first-order valence-corrected chi connectivity index (χ1v) is 4.17. The number of nitrogens with one attached hydrogen (secondary N) is 1. The van der Waals surface area contributed by atoms with Crippen molar-refractivity contribution in [2.24, 2.45) is 0 Å². The predicted octanol–water partition coefficient (Wildman–Crippen LogP) is 0.462. The van der Waals surface area contributed by atoms with Crippen LogP contribution in [0.3, 0.4) is 0 Å². The van der Waals surface area contributed by atoms with E-state index in [4.69, 9.17) is 0 Å². The first-order chi connectivity index (χ1) is 4.43. The van der Waals surface area contributed by atoms with Gasteiger partial charge in [0.2, 0.25) is 0 Å². The summed E-state index contributed by atoms with van der Waals surface area (Å²) in [5.41, 5.74) is 0. The molecule has 1 aliphatic heterocycles. The molecule has 0 aromatic carbocycles. The normalized spacial score (nSPS) is 21.0. The quantitative estimate of drug-likeness (QED) is 0.582. The molecule has 0 aromatic rings. The van der Waals surface area contributed by atoms with Crippen LogP contribution in [0.15, 0.2) is 0 Å². The average Bonchev–Trinajstić information content (AvgIpc) is 2.34. The molecule has 0 aromatic heterocycles. The molecule has 0 saturated carbocycles. The topological polar surface area (TPSA) is 15.3 Å². The molecule has 0 spiro atoms. The average molecular weight is 146 g/mol. The van der Waals surface area contributed by atoms with Crippen molar-refractivity contribution in [1.29, 1.82) is 0 Å². The third kappa shape index (κ3) is 2.61. The molecule has 0 amide bonds. The highest BCUT2D eigenvalue weighted by atomic mass is 31.0. The lowest BCUT2D eigenvalue weighted by Crippen LogP contribution is -2.26. The summed E-state index contributed by atoms with van der Waals surface area (Å²) in [6.07, 6.45) is 2.80. The molecule has 2 nitrogen and oxygen atoms in total. The molecule has 1 unspecified atom stereocenters. The van der Waals surface area contributed by atoms with Crippen LogP contribution in [0.5, 0.6) is 0 Å². The smallest absolute Gasteiger partial charge is 0.0114 e. The Morgan fingerprint density at radius 1 is 1.33 bits per heavy atom. The van der Waals surface area contributed by atoms with Crippen molar-refractivity contribution < 1.29 is 0 Å². The molecule has 1 N–H and O–H groups in total. The van der Waals surface area contributed by atoms with Crippen LogP contribution in [0.4, 0.5) is 0 Å². The fourth-order valence-corrected chi connectivity index (χ4v) is 1.36. The Hall–Kier alpha value is 0.350. The number of hydrogen-bond acceptors (Lipinski definition) is 2. The van der Waals surface area contributed by atoms with Gasteiger partial charge in [0.1, 0.15) is 0 Å². The lowest BCUT2D eigenvalue weighted by atomic mass is 10.4. The zero-order chi connectivity index (χ0) is 6.53. The zero-order valence-corrected chi connectivity index (χ0v) is 6.92. The number of rotatable bonds is 3. The molecule has 54 valence electrons. The van der Waals surface area contributed by atoms with E-state index in [1.165, 1.54) is 32.5 Å². The van der Waals surface area contributed by atoms with E-state index in [2.05, 4.69) is 19.4 Å². The van der Waals surface area contributed by atoms with Gasteiger partial charge in [-0.15, -0.1) is 0 Å². The Morgan fingerprint density at radius 3 is 2.56 bits per heavy atom. The Bertz CT molecular complexity index is 71.5. The second-order valence-electron chi connectivity index (χ2n) is 2.50. The fraction of sp³-hybridized carbons (Fsp3) is 1.00. The molecular formula is C6H15N2P. The number of hydrogen-bond donors (Lipinski definition) is 1. The Morgan fingerprint density at radius 2 is 2.00 bits per heavy atom.